The third-order valence-corrected chi connectivity index (χ3v) is 4.27. The number of aliphatic hydroxyl groups excluding tert-OH is 2. The summed E-state index contributed by atoms with van der Waals surface area (Å²) in [4.78, 5) is 20.4. The van der Waals surface area contributed by atoms with E-state index in [1.54, 1.807) is 60.7 Å². The van der Waals surface area contributed by atoms with Gasteiger partial charge >= 0.3 is 11.9 Å². The van der Waals surface area contributed by atoms with E-state index in [1.807, 2.05) is 0 Å². The van der Waals surface area contributed by atoms with E-state index < -0.39 is 11.9 Å². The Balaban J connectivity index is 0.000000408. The quantitative estimate of drug-likeness (QED) is 0.521. The van der Waals surface area contributed by atoms with E-state index in [2.05, 4.69) is 13.8 Å². The van der Waals surface area contributed by atoms with Crippen LogP contribution in [0.4, 0.5) is 0 Å². The fourth-order valence-electron chi connectivity index (χ4n) is 2.71. The number of rotatable bonds is 8. The fraction of sp³-hybridized carbons (Fsp3) is 0.391. The van der Waals surface area contributed by atoms with Crippen LogP contribution in [0.1, 0.15) is 60.2 Å². The summed E-state index contributed by atoms with van der Waals surface area (Å²) >= 11 is 0. The SMILES string of the molecule is CCCC(CO)(CO)CCC.O=C(O)c1ccccc1.O=C(O)c1ccccc1. The number of aliphatic hydroxyl groups is 2. The lowest BCUT2D eigenvalue weighted by Gasteiger charge is -2.28. The van der Waals surface area contributed by atoms with Crippen LogP contribution in [0, 0.1) is 5.41 Å². The molecule has 0 aliphatic carbocycles. The van der Waals surface area contributed by atoms with Gasteiger partial charge in [0.25, 0.3) is 0 Å². The Hall–Kier alpha value is -2.70. The maximum Gasteiger partial charge on any atom is 0.335 e. The van der Waals surface area contributed by atoms with E-state index in [1.165, 1.54) is 0 Å². The molecule has 0 saturated carbocycles. The van der Waals surface area contributed by atoms with Crippen molar-refractivity contribution in [2.24, 2.45) is 5.41 Å². The number of aromatic carboxylic acids is 2. The third-order valence-electron chi connectivity index (χ3n) is 4.27. The molecule has 0 amide bonds. The molecule has 0 aliphatic rings. The molecule has 0 aliphatic heterocycles. The Bertz CT molecular complexity index is 624. The molecule has 4 N–H and O–H groups in total. The topological polar surface area (TPSA) is 115 Å². The second-order valence-electron chi connectivity index (χ2n) is 6.66. The molecule has 6 heteroatoms. The van der Waals surface area contributed by atoms with Gasteiger partial charge in [-0.15, -0.1) is 0 Å². The highest BCUT2D eigenvalue weighted by molar-refractivity contribution is 5.87. The van der Waals surface area contributed by atoms with Crippen molar-refractivity contribution in [3.8, 4) is 0 Å². The van der Waals surface area contributed by atoms with Crippen molar-refractivity contribution in [1.29, 1.82) is 0 Å². The molecule has 0 bridgehead atoms. The Morgan fingerprint density at radius 2 is 1.00 bits per heavy atom. The average molecular weight is 405 g/mol. The molecular weight excluding hydrogens is 372 g/mol. The van der Waals surface area contributed by atoms with Crippen LogP contribution in [0.3, 0.4) is 0 Å². The highest BCUT2D eigenvalue weighted by Gasteiger charge is 2.26. The standard InChI is InChI=1S/C9H20O2.2C7H6O2/c1-3-5-9(7-10,8-11)6-4-2;2*8-7(9)6-4-2-1-3-5-6/h10-11H,3-8H2,1-2H3;2*1-5H,(H,8,9). The van der Waals surface area contributed by atoms with Crippen LogP contribution >= 0.6 is 0 Å². The van der Waals surface area contributed by atoms with Gasteiger partial charge in [0.1, 0.15) is 0 Å². The number of carboxylic acids is 2. The normalized spacial score (nSPS) is 10.1. The second-order valence-corrected chi connectivity index (χ2v) is 6.66. The minimum Gasteiger partial charge on any atom is -0.478 e. The lowest BCUT2D eigenvalue weighted by Crippen LogP contribution is -2.29. The van der Waals surface area contributed by atoms with Crippen LogP contribution in [0.15, 0.2) is 60.7 Å². The van der Waals surface area contributed by atoms with Gasteiger partial charge in [0.15, 0.2) is 0 Å². The van der Waals surface area contributed by atoms with Gasteiger partial charge < -0.3 is 20.4 Å². The van der Waals surface area contributed by atoms with Crippen molar-refractivity contribution in [1.82, 2.24) is 0 Å². The van der Waals surface area contributed by atoms with Gasteiger partial charge in [-0.1, -0.05) is 63.1 Å². The summed E-state index contributed by atoms with van der Waals surface area (Å²) in [5.41, 5.74) is 0.457. The Morgan fingerprint density at radius 3 is 1.17 bits per heavy atom. The number of benzene rings is 2. The monoisotopic (exact) mass is 404 g/mol. The first-order chi connectivity index (χ1) is 13.9. The van der Waals surface area contributed by atoms with Gasteiger partial charge in [-0.2, -0.15) is 0 Å². The molecule has 2 aromatic rings. The molecule has 0 saturated heterocycles. The zero-order chi connectivity index (χ0) is 22.1. The molecule has 0 fully saturated rings. The third kappa shape index (κ3) is 11.0. The minimum absolute atomic E-state index is 0.116. The summed E-state index contributed by atoms with van der Waals surface area (Å²) in [7, 11) is 0. The maximum absolute atomic E-state index is 10.2. The molecule has 0 spiro atoms. The van der Waals surface area contributed by atoms with Crippen molar-refractivity contribution in [2.75, 3.05) is 13.2 Å². The number of hydrogen-bond donors (Lipinski definition) is 4. The summed E-state index contributed by atoms with van der Waals surface area (Å²) < 4.78 is 0. The molecule has 6 nitrogen and oxygen atoms in total. The zero-order valence-electron chi connectivity index (χ0n) is 17.1. The maximum atomic E-state index is 10.2. The van der Waals surface area contributed by atoms with E-state index >= 15 is 0 Å². The largest absolute Gasteiger partial charge is 0.478 e. The molecule has 160 valence electrons. The first-order valence-corrected chi connectivity index (χ1v) is 9.64. The van der Waals surface area contributed by atoms with Crippen LogP contribution in [-0.2, 0) is 0 Å². The van der Waals surface area contributed by atoms with E-state index in [0.717, 1.165) is 25.7 Å². The first kappa shape index (κ1) is 26.3. The highest BCUT2D eigenvalue weighted by atomic mass is 16.4. The average Bonchev–Trinajstić information content (AvgIpc) is 2.75. The first-order valence-electron chi connectivity index (χ1n) is 9.64. The molecule has 29 heavy (non-hydrogen) atoms. The smallest absolute Gasteiger partial charge is 0.335 e. The molecule has 2 rings (SSSR count). The Labute approximate surface area is 172 Å². The lowest BCUT2D eigenvalue weighted by molar-refractivity contribution is 0.0385. The van der Waals surface area contributed by atoms with Crippen molar-refractivity contribution >= 4 is 11.9 Å². The van der Waals surface area contributed by atoms with Crippen molar-refractivity contribution in [3.05, 3.63) is 71.8 Å². The number of carbonyl (C=O) groups is 2. The summed E-state index contributed by atoms with van der Waals surface area (Å²) in [6, 6.07) is 16.6. The minimum atomic E-state index is -0.879. The van der Waals surface area contributed by atoms with Crippen LogP contribution in [0.2, 0.25) is 0 Å². The molecule has 0 heterocycles. The predicted octanol–water partition coefficient (Wildman–Crippen LogP) is 4.33. The summed E-state index contributed by atoms with van der Waals surface area (Å²) in [6.07, 6.45) is 3.91. The van der Waals surface area contributed by atoms with Crippen LogP contribution in [-0.4, -0.2) is 45.6 Å². The number of hydrogen-bond acceptors (Lipinski definition) is 4. The van der Waals surface area contributed by atoms with Gasteiger partial charge in [-0.3, -0.25) is 0 Å². The van der Waals surface area contributed by atoms with Crippen LogP contribution in [0.25, 0.3) is 0 Å². The zero-order valence-corrected chi connectivity index (χ0v) is 17.1. The summed E-state index contributed by atoms with van der Waals surface area (Å²) in [6.45, 7) is 4.39. The predicted molar refractivity (Wildman–Crippen MR) is 113 cm³/mol. The van der Waals surface area contributed by atoms with E-state index in [-0.39, 0.29) is 18.6 Å². The Morgan fingerprint density at radius 1 is 0.690 bits per heavy atom. The van der Waals surface area contributed by atoms with Gasteiger partial charge in [0, 0.05) is 5.41 Å². The summed E-state index contributed by atoms with van der Waals surface area (Å²) in [5.74, 6) is -1.76. The van der Waals surface area contributed by atoms with E-state index in [9.17, 15) is 9.59 Å². The molecule has 2 aromatic carbocycles. The van der Waals surface area contributed by atoms with Gasteiger partial charge in [-0.05, 0) is 37.1 Å². The molecular formula is C23H32O6. The fourth-order valence-corrected chi connectivity index (χ4v) is 2.71. The number of carboxylic acid groups (broad SMARTS) is 2. The molecule has 0 atom stereocenters. The van der Waals surface area contributed by atoms with Gasteiger partial charge in [0.05, 0.1) is 24.3 Å². The highest BCUT2D eigenvalue weighted by Crippen LogP contribution is 2.28. The van der Waals surface area contributed by atoms with E-state index in [0.29, 0.717) is 11.1 Å². The molecule has 0 radical (unpaired) electrons. The summed E-state index contributed by atoms with van der Waals surface area (Å²) in [5, 5.41) is 34.9. The van der Waals surface area contributed by atoms with Crippen molar-refractivity contribution in [2.45, 2.75) is 39.5 Å². The lowest BCUT2D eigenvalue weighted by atomic mass is 9.81. The van der Waals surface area contributed by atoms with E-state index in [4.69, 9.17) is 20.4 Å². The van der Waals surface area contributed by atoms with Crippen molar-refractivity contribution < 1.29 is 30.0 Å². The van der Waals surface area contributed by atoms with Crippen molar-refractivity contribution in [3.63, 3.8) is 0 Å². The molecule has 0 aromatic heterocycles. The Kier molecular flexibility index (Phi) is 13.8. The van der Waals surface area contributed by atoms with Gasteiger partial charge in [0.2, 0.25) is 0 Å². The van der Waals surface area contributed by atoms with Crippen LogP contribution < -0.4 is 0 Å². The molecule has 0 unspecified atom stereocenters. The van der Waals surface area contributed by atoms with Crippen LogP contribution in [0.5, 0.6) is 0 Å². The van der Waals surface area contributed by atoms with Gasteiger partial charge in [-0.25, -0.2) is 9.59 Å². The second kappa shape index (κ2) is 15.2.